The summed E-state index contributed by atoms with van der Waals surface area (Å²) in [7, 11) is 3.17. The molecule has 1 N–H and O–H groups in total. The summed E-state index contributed by atoms with van der Waals surface area (Å²) < 4.78 is 16.8. The SMILES string of the molecule is C=C(C)C[C@@H]1N(CCc2ccc(OC)c(OC)c2)C(=O)[C@@H]2[C@@H](C(=O)O)[C@@H]3C=C[C@]21O3. The average Bonchev–Trinajstić information content (AvgIpc) is 3.35. The number of hydrogen-bond acceptors (Lipinski definition) is 5. The number of hydrogen-bond donors (Lipinski definition) is 1. The molecule has 7 heteroatoms. The Balaban J connectivity index is 1.61. The molecule has 0 radical (unpaired) electrons. The number of ether oxygens (including phenoxy) is 3. The maximum absolute atomic E-state index is 13.4. The molecular weight excluding hydrogens is 386 g/mol. The van der Waals surface area contributed by atoms with Crippen LogP contribution in [0.25, 0.3) is 0 Å². The molecule has 1 amide bonds. The monoisotopic (exact) mass is 413 g/mol. The number of fused-ring (bicyclic) bond motifs is 1. The van der Waals surface area contributed by atoms with E-state index in [1.807, 2.05) is 31.2 Å². The van der Waals surface area contributed by atoms with Gasteiger partial charge in [-0.15, -0.1) is 6.58 Å². The highest BCUT2D eigenvalue weighted by atomic mass is 16.5. The smallest absolute Gasteiger partial charge is 0.310 e. The first-order valence-electron chi connectivity index (χ1n) is 10.1. The summed E-state index contributed by atoms with van der Waals surface area (Å²) in [6, 6.07) is 5.41. The number of carbonyl (C=O) groups is 2. The summed E-state index contributed by atoms with van der Waals surface area (Å²) in [5.41, 5.74) is 1.04. The van der Waals surface area contributed by atoms with Gasteiger partial charge in [0.05, 0.1) is 32.3 Å². The zero-order valence-electron chi connectivity index (χ0n) is 17.5. The predicted molar refractivity (Wildman–Crippen MR) is 110 cm³/mol. The Morgan fingerprint density at radius 2 is 2.03 bits per heavy atom. The lowest BCUT2D eigenvalue weighted by atomic mass is 9.74. The van der Waals surface area contributed by atoms with E-state index in [-0.39, 0.29) is 11.9 Å². The summed E-state index contributed by atoms with van der Waals surface area (Å²) in [5.74, 6) is -1.40. The molecule has 3 aliphatic heterocycles. The van der Waals surface area contributed by atoms with E-state index in [0.29, 0.717) is 30.9 Å². The summed E-state index contributed by atoms with van der Waals surface area (Å²) in [6.07, 6.45) is 4.33. The Labute approximate surface area is 175 Å². The first-order valence-corrected chi connectivity index (χ1v) is 10.1. The van der Waals surface area contributed by atoms with Crippen molar-refractivity contribution in [2.75, 3.05) is 20.8 Å². The van der Waals surface area contributed by atoms with E-state index >= 15 is 0 Å². The van der Waals surface area contributed by atoms with E-state index < -0.39 is 29.5 Å². The average molecular weight is 413 g/mol. The minimum Gasteiger partial charge on any atom is -0.493 e. The number of rotatable bonds is 8. The predicted octanol–water partition coefficient (Wildman–Crippen LogP) is 2.45. The van der Waals surface area contributed by atoms with Gasteiger partial charge in [-0.05, 0) is 37.5 Å². The van der Waals surface area contributed by atoms with Crippen LogP contribution in [0.15, 0.2) is 42.5 Å². The van der Waals surface area contributed by atoms with Gasteiger partial charge in [-0.3, -0.25) is 9.59 Å². The van der Waals surface area contributed by atoms with E-state index in [2.05, 4.69) is 6.58 Å². The van der Waals surface area contributed by atoms with Crippen LogP contribution in [0.5, 0.6) is 11.5 Å². The van der Waals surface area contributed by atoms with Crippen LogP contribution in [-0.4, -0.2) is 60.4 Å². The van der Waals surface area contributed by atoms with Gasteiger partial charge < -0.3 is 24.2 Å². The fourth-order valence-electron chi connectivity index (χ4n) is 5.15. The Kier molecular flexibility index (Phi) is 5.10. The molecular formula is C23H27NO6. The van der Waals surface area contributed by atoms with Crippen LogP contribution in [0.3, 0.4) is 0 Å². The molecule has 30 heavy (non-hydrogen) atoms. The molecule has 1 spiro atoms. The van der Waals surface area contributed by atoms with E-state index in [0.717, 1.165) is 11.1 Å². The summed E-state index contributed by atoms with van der Waals surface area (Å²) >= 11 is 0. The third kappa shape index (κ3) is 2.99. The second-order valence-electron chi connectivity index (χ2n) is 8.28. The Bertz CT molecular complexity index is 924. The molecule has 4 rings (SSSR count). The zero-order valence-corrected chi connectivity index (χ0v) is 17.5. The van der Waals surface area contributed by atoms with Crippen molar-refractivity contribution in [3.63, 3.8) is 0 Å². The Morgan fingerprint density at radius 1 is 1.30 bits per heavy atom. The van der Waals surface area contributed by atoms with Gasteiger partial charge in [-0.1, -0.05) is 23.8 Å². The molecule has 0 aromatic heterocycles. The molecule has 2 bridgehead atoms. The van der Waals surface area contributed by atoms with Crippen molar-refractivity contribution in [3.8, 4) is 11.5 Å². The largest absolute Gasteiger partial charge is 0.493 e. The minimum atomic E-state index is -0.986. The molecule has 0 saturated carbocycles. The number of aliphatic carboxylic acids is 1. The number of amides is 1. The van der Waals surface area contributed by atoms with E-state index in [1.54, 1.807) is 25.2 Å². The molecule has 1 aromatic rings. The molecule has 160 valence electrons. The Morgan fingerprint density at radius 3 is 2.67 bits per heavy atom. The lowest BCUT2D eigenvalue weighted by molar-refractivity contribution is -0.148. The van der Waals surface area contributed by atoms with E-state index in [9.17, 15) is 14.7 Å². The van der Waals surface area contributed by atoms with E-state index in [1.165, 1.54) is 0 Å². The lowest BCUT2D eigenvalue weighted by Gasteiger charge is -2.33. The molecule has 3 aliphatic rings. The van der Waals surface area contributed by atoms with Gasteiger partial charge in [-0.2, -0.15) is 0 Å². The van der Waals surface area contributed by atoms with Gasteiger partial charge in [0.15, 0.2) is 11.5 Å². The molecule has 2 saturated heterocycles. The van der Waals surface area contributed by atoms with Crippen LogP contribution in [0, 0.1) is 11.8 Å². The van der Waals surface area contributed by atoms with Crippen molar-refractivity contribution < 1.29 is 28.9 Å². The van der Waals surface area contributed by atoms with E-state index in [4.69, 9.17) is 14.2 Å². The summed E-state index contributed by atoms with van der Waals surface area (Å²) in [5, 5.41) is 9.74. The molecule has 0 unspecified atom stereocenters. The molecule has 0 aliphatic carbocycles. The highest BCUT2D eigenvalue weighted by Gasteiger charge is 2.70. The minimum absolute atomic E-state index is 0.152. The number of carboxylic acid groups (broad SMARTS) is 1. The maximum atomic E-state index is 13.4. The second-order valence-corrected chi connectivity index (χ2v) is 8.28. The number of benzene rings is 1. The first-order chi connectivity index (χ1) is 14.3. The van der Waals surface area contributed by atoms with Gasteiger partial charge in [0, 0.05) is 6.54 Å². The van der Waals surface area contributed by atoms with Gasteiger partial charge >= 0.3 is 5.97 Å². The number of carboxylic acids is 1. The van der Waals surface area contributed by atoms with Crippen molar-refractivity contribution in [3.05, 3.63) is 48.1 Å². The van der Waals surface area contributed by atoms with Crippen LogP contribution in [-0.2, 0) is 20.7 Å². The number of carbonyl (C=O) groups excluding carboxylic acids is 1. The van der Waals surface area contributed by atoms with Gasteiger partial charge in [0.1, 0.15) is 11.5 Å². The van der Waals surface area contributed by atoms with Crippen molar-refractivity contribution in [1.82, 2.24) is 4.90 Å². The van der Waals surface area contributed by atoms with Crippen LogP contribution >= 0.6 is 0 Å². The van der Waals surface area contributed by atoms with Crippen LogP contribution in [0.1, 0.15) is 18.9 Å². The zero-order chi connectivity index (χ0) is 21.6. The quantitative estimate of drug-likeness (QED) is 0.659. The number of likely N-dealkylation sites (tertiary alicyclic amines) is 1. The van der Waals surface area contributed by atoms with Gasteiger partial charge in [-0.25, -0.2) is 0 Å². The first kappa shape index (κ1) is 20.5. The molecule has 3 heterocycles. The fraction of sp³-hybridized carbons (Fsp3) is 0.478. The molecule has 1 aromatic carbocycles. The number of methoxy groups -OCH3 is 2. The highest BCUT2D eigenvalue weighted by Crippen LogP contribution is 2.56. The van der Waals surface area contributed by atoms with Crippen LogP contribution in [0.4, 0.5) is 0 Å². The lowest BCUT2D eigenvalue weighted by Crippen LogP contribution is -2.45. The van der Waals surface area contributed by atoms with Crippen molar-refractivity contribution >= 4 is 11.9 Å². The molecule has 7 nitrogen and oxygen atoms in total. The normalized spacial score (nSPS) is 31.2. The summed E-state index contributed by atoms with van der Waals surface area (Å²) in [6.45, 7) is 6.40. The van der Waals surface area contributed by atoms with Crippen molar-refractivity contribution in [1.29, 1.82) is 0 Å². The summed E-state index contributed by atoms with van der Waals surface area (Å²) in [4.78, 5) is 27.1. The second kappa shape index (κ2) is 7.47. The topological polar surface area (TPSA) is 85.3 Å². The van der Waals surface area contributed by atoms with Crippen LogP contribution in [0.2, 0.25) is 0 Å². The van der Waals surface area contributed by atoms with Crippen molar-refractivity contribution in [2.24, 2.45) is 11.8 Å². The third-order valence-corrected chi connectivity index (χ3v) is 6.45. The van der Waals surface area contributed by atoms with Gasteiger partial charge in [0.2, 0.25) is 5.91 Å². The van der Waals surface area contributed by atoms with Crippen LogP contribution < -0.4 is 9.47 Å². The van der Waals surface area contributed by atoms with Crippen molar-refractivity contribution in [2.45, 2.75) is 37.5 Å². The third-order valence-electron chi connectivity index (χ3n) is 6.45. The maximum Gasteiger partial charge on any atom is 0.310 e. The van der Waals surface area contributed by atoms with Gasteiger partial charge in [0.25, 0.3) is 0 Å². The molecule has 5 atom stereocenters. The molecule has 2 fully saturated rings. The standard InChI is InChI=1S/C23H27NO6/c1-13(2)11-18-23-9-7-16(30-23)19(22(26)27)20(23)21(25)24(18)10-8-14-5-6-15(28-3)17(12-14)29-4/h5-7,9,12,16,18-20H,1,8,10-11H2,2-4H3,(H,26,27)/t16-,18-,19-,20-,23+/m0/s1. The Hall–Kier alpha value is -2.80. The number of nitrogens with zero attached hydrogens (tertiary/aromatic N) is 1. The highest BCUT2D eigenvalue weighted by molar-refractivity contribution is 5.91. The fourth-order valence-corrected chi connectivity index (χ4v) is 5.15.